The summed E-state index contributed by atoms with van der Waals surface area (Å²) in [6.07, 6.45) is -0.629. The van der Waals surface area contributed by atoms with Crippen LogP contribution >= 0.6 is 0 Å². The Bertz CT molecular complexity index is 1770. The number of halogens is 15. The summed E-state index contributed by atoms with van der Waals surface area (Å²) >= 11 is 0. The lowest BCUT2D eigenvalue weighted by atomic mass is 10.3. The quantitative estimate of drug-likeness (QED) is 0.0314. The highest BCUT2D eigenvalue weighted by Gasteiger charge is 2.57. The fourth-order valence-corrected chi connectivity index (χ4v) is 23.3. The van der Waals surface area contributed by atoms with Crippen LogP contribution in [0.15, 0.2) is 12.2 Å². The molecule has 304 valence electrons. The molecule has 0 saturated carbocycles. The van der Waals surface area contributed by atoms with Crippen LogP contribution in [0.5, 0.6) is 0 Å². The largest absolute Gasteiger partial charge is 0.470 e. The molecule has 0 aliphatic rings. The Balaban J connectivity index is 2.46. The van der Waals surface area contributed by atoms with Crippen LogP contribution in [-0.2, 0) is 21.9 Å². The van der Waals surface area contributed by atoms with Crippen molar-refractivity contribution in [2.45, 2.75) is 58.7 Å². The van der Waals surface area contributed by atoms with Gasteiger partial charge in [0.2, 0.25) is 42.4 Å². The first-order valence-electron chi connectivity index (χ1n) is 15.5. The summed E-state index contributed by atoms with van der Waals surface area (Å²) in [5.74, 6) is -38.5. The van der Waals surface area contributed by atoms with Gasteiger partial charge in [0.05, 0.1) is 6.61 Å². The Morgan fingerprint density at radius 2 is 0.673 bits per heavy atom. The van der Waals surface area contributed by atoms with E-state index in [1.807, 2.05) is 0 Å². The normalized spacial score (nSPS) is 12.8. The number of hydrogen-bond donors (Lipinski definition) is 0. The van der Waals surface area contributed by atoms with Crippen LogP contribution in [0.3, 0.4) is 0 Å². The molecule has 3 aromatic carbocycles. The number of hydrogen-bond acceptors (Lipinski definition) is 5. The van der Waals surface area contributed by atoms with Gasteiger partial charge in [-0.3, -0.25) is 0 Å². The summed E-state index contributed by atoms with van der Waals surface area (Å²) in [4.78, 5) is 12.1. The molecule has 0 unspecified atom stereocenters. The van der Waals surface area contributed by atoms with Crippen LogP contribution in [0.4, 0.5) is 65.9 Å². The molecule has 3 rings (SSSR count). The summed E-state index contributed by atoms with van der Waals surface area (Å²) in [5.41, 5.74) is -0.160. The lowest BCUT2D eigenvalue weighted by Crippen LogP contribution is -2.69. The third-order valence-corrected chi connectivity index (χ3v) is 23.6. The van der Waals surface area contributed by atoms with E-state index in [0.717, 1.165) is 39.3 Å². The maximum atomic E-state index is 15.3. The fourth-order valence-electron chi connectivity index (χ4n) is 5.51. The number of rotatable bonds is 14. The predicted octanol–water partition coefficient (Wildman–Crippen LogP) is 7.91. The van der Waals surface area contributed by atoms with Crippen molar-refractivity contribution >= 4 is 55.3 Å². The summed E-state index contributed by atoms with van der Waals surface area (Å²) < 4.78 is 244. The summed E-state index contributed by atoms with van der Waals surface area (Å²) in [6, 6.07) is -0.986. The van der Waals surface area contributed by atoms with Gasteiger partial charge < -0.3 is 17.1 Å². The standard InChI is InChI=1S/C31H29F15O5Si4/c1-12(2)31(47)48-10-9-11-55(49-52(3,4)28-22(41)16(35)13(32)17(36)23(28)42,50-53(5,6)29-24(43)18(37)14(33)19(38)25(29)44)51-54(7,8)30-26(45)20(39)15(34)21(40)27(30)46/h1,9-11H2,2-8H3. The van der Waals surface area contributed by atoms with E-state index in [9.17, 15) is 44.3 Å². The molecule has 0 fully saturated rings. The predicted molar refractivity (Wildman–Crippen MR) is 174 cm³/mol. The van der Waals surface area contributed by atoms with Gasteiger partial charge in [-0.25, -0.2) is 70.7 Å². The van der Waals surface area contributed by atoms with Crippen molar-refractivity contribution in [1.82, 2.24) is 0 Å². The topological polar surface area (TPSA) is 54.0 Å². The highest BCUT2D eigenvalue weighted by atomic mass is 28.5. The van der Waals surface area contributed by atoms with Crippen molar-refractivity contribution in [2.24, 2.45) is 0 Å². The molecule has 0 amide bonds. The third-order valence-electron chi connectivity index (χ3n) is 7.88. The molecule has 0 radical (unpaired) electrons. The van der Waals surface area contributed by atoms with Gasteiger partial charge in [0.25, 0.3) is 0 Å². The summed E-state index contributed by atoms with van der Waals surface area (Å²) in [6.45, 7) is 8.43. The van der Waals surface area contributed by atoms with Gasteiger partial charge in [-0.2, -0.15) is 0 Å². The zero-order chi connectivity index (χ0) is 42.5. The Labute approximate surface area is 307 Å². The molecule has 0 N–H and O–H groups in total. The molecule has 0 heterocycles. The van der Waals surface area contributed by atoms with E-state index in [-0.39, 0.29) is 5.57 Å². The van der Waals surface area contributed by atoms with Crippen molar-refractivity contribution in [2.75, 3.05) is 6.61 Å². The first-order chi connectivity index (χ1) is 25.0. The van der Waals surface area contributed by atoms with Gasteiger partial charge >= 0.3 is 14.8 Å². The molecule has 0 atom stereocenters. The van der Waals surface area contributed by atoms with E-state index in [4.69, 9.17) is 17.1 Å². The summed E-state index contributed by atoms with van der Waals surface area (Å²) in [5, 5.41) is -4.89. The van der Waals surface area contributed by atoms with Crippen LogP contribution in [0, 0.1) is 87.3 Å². The average Bonchev–Trinajstić information content (AvgIpc) is 3.07. The first kappa shape index (κ1) is 46.0. The number of carbonyl (C=O) groups excluding carboxylic acids is 1. The van der Waals surface area contributed by atoms with E-state index < -0.39 is 162 Å². The van der Waals surface area contributed by atoms with Gasteiger partial charge in [-0.05, 0) is 52.6 Å². The molecule has 3 aromatic rings. The molecule has 0 aliphatic heterocycles. The Morgan fingerprint density at radius 1 is 0.455 bits per heavy atom. The smallest absolute Gasteiger partial charge is 0.462 e. The molecular weight excluding hydrogens is 850 g/mol. The fraction of sp³-hybridized carbons (Fsp3) is 0.323. The van der Waals surface area contributed by atoms with E-state index >= 15 is 26.3 Å². The SMILES string of the molecule is C=C(C)C(=O)OCCC[Si](O[Si](C)(C)c1c(F)c(F)c(F)c(F)c1F)(O[Si](C)(C)c1c(F)c(F)c(F)c(F)c1F)O[Si](C)(C)c1c(F)c(F)c(F)c(F)c1F. The maximum absolute atomic E-state index is 15.3. The average molecular weight is 879 g/mol. The minimum Gasteiger partial charge on any atom is -0.462 e. The number of carbonyl (C=O) groups is 1. The van der Waals surface area contributed by atoms with Crippen molar-refractivity contribution in [1.29, 1.82) is 0 Å². The zero-order valence-electron chi connectivity index (χ0n) is 29.5. The molecule has 0 aromatic heterocycles. The minimum atomic E-state index is -5.68. The molecule has 5 nitrogen and oxygen atoms in total. The van der Waals surface area contributed by atoms with Gasteiger partial charge in [0.15, 0.2) is 69.8 Å². The van der Waals surface area contributed by atoms with Crippen LogP contribution in [0.2, 0.25) is 45.3 Å². The molecule has 0 saturated heterocycles. The van der Waals surface area contributed by atoms with Crippen LogP contribution < -0.4 is 15.6 Å². The van der Waals surface area contributed by atoms with Crippen molar-refractivity contribution in [3.63, 3.8) is 0 Å². The van der Waals surface area contributed by atoms with Crippen molar-refractivity contribution in [3.05, 3.63) is 99.4 Å². The van der Waals surface area contributed by atoms with Gasteiger partial charge in [-0.15, -0.1) is 0 Å². The van der Waals surface area contributed by atoms with E-state index in [1.165, 1.54) is 6.92 Å². The van der Waals surface area contributed by atoms with Crippen molar-refractivity contribution in [3.8, 4) is 0 Å². The highest BCUT2D eigenvalue weighted by molar-refractivity contribution is 6.99. The van der Waals surface area contributed by atoms with E-state index in [2.05, 4.69) is 6.58 Å². The lowest BCUT2D eigenvalue weighted by molar-refractivity contribution is -0.139. The molecular formula is C31H29F15O5Si4. The lowest BCUT2D eigenvalue weighted by Gasteiger charge is -2.45. The zero-order valence-corrected chi connectivity index (χ0v) is 33.5. The molecule has 55 heavy (non-hydrogen) atoms. The van der Waals surface area contributed by atoms with Gasteiger partial charge in [-0.1, -0.05) is 6.58 Å². The number of ether oxygens (including phenoxy) is 1. The Hall–Kier alpha value is -3.43. The highest BCUT2D eigenvalue weighted by Crippen LogP contribution is 2.34. The molecule has 24 heteroatoms. The van der Waals surface area contributed by atoms with Crippen molar-refractivity contribution < 1.29 is 87.7 Å². The third kappa shape index (κ3) is 8.78. The van der Waals surface area contributed by atoms with Crippen LogP contribution in [-0.4, -0.2) is 46.3 Å². The van der Waals surface area contributed by atoms with Crippen LogP contribution in [0.25, 0.3) is 0 Å². The minimum absolute atomic E-state index is 0.160. The van der Waals surface area contributed by atoms with Crippen LogP contribution in [0.1, 0.15) is 13.3 Å². The second-order valence-electron chi connectivity index (χ2n) is 13.4. The Morgan fingerprint density at radius 3 is 0.891 bits per heavy atom. The van der Waals surface area contributed by atoms with Gasteiger partial charge in [0, 0.05) is 27.2 Å². The van der Waals surface area contributed by atoms with E-state index in [0.29, 0.717) is 0 Å². The first-order valence-corrected chi connectivity index (χ1v) is 26.1. The number of esters is 1. The van der Waals surface area contributed by atoms with E-state index in [1.54, 1.807) is 0 Å². The monoisotopic (exact) mass is 878 g/mol. The Kier molecular flexibility index (Phi) is 13.5. The molecule has 0 aliphatic carbocycles. The second kappa shape index (κ2) is 16.2. The second-order valence-corrected chi connectivity index (χ2v) is 28.3. The maximum Gasteiger partial charge on any atom is 0.470 e. The molecule has 0 bridgehead atoms. The summed E-state index contributed by atoms with van der Waals surface area (Å²) in [7, 11) is -20.6. The number of benzene rings is 3. The van der Waals surface area contributed by atoms with Gasteiger partial charge in [0.1, 0.15) is 0 Å². The molecule has 0 spiro atoms.